The Bertz CT molecular complexity index is 1610. The molecular weight excluding hydrogens is 559 g/mol. The molecule has 42 heavy (non-hydrogen) atoms. The van der Waals surface area contributed by atoms with E-state index in [9.17, 15) is 14.0 Å². The standard InChI is InChI=1S/C30H31FN6O4S/c1-18-15-36(10-11-37(18)28(39)17-38)16-19-2-6-23(33-14-19)27-13-24-29(42-27)26(8-9-32-24)41-25-7-5-21(12-22(25)31)35-30(40)34-20-3-4-20/h2,5-9,12-14,18,20,38H,3-4,10-11,15-17H2,1H3,(H2,34,35,40). The molecule has 0 spiro atoms. The molecule has 0 radical (unpaired) electrons. The highest BCUT2D eigenvalue weighted by Crippen LogP contribution is 2.39. The largest absolute Gasteiger partial charge is 0.453 e. The first kappa shape index (κ1) is 28.0. The number of thiophene rings is 1. The van der Waals surface area contributed by atoms with Crippen molar-refractivity contribution in [2.45, 2.75) is 38.4 Å². The highest BCUT2D eigenvalue weighted by Gasteiger charge is 2.27. The van der Waals surface area contributed by atoms with Gasteiger partial charge in [0, 0.05) is 68.5 Å². The summed E-state index contributed by atoms with van der Waals surface area (Å²) >= 11 is 1.47. The van der Waals surface area contributed by atoms with E-state index >= 15 is 0 Å². The van der Waals surface area contributed by atoms with Crippen LogP contribution in [0.25, 0.3) is 20.8 Å². The quantitative estimate of drug-likeness (QED) is 0.274. The third-order valence-electron chi connectivity index (χ3n) is 7.35. The normalized spacial score (nSPS) is 17.3. The number of amides is 3. The second-order valence-electron chi connectivity index (χ2n) is 10.6. The van der Waals surface area contributed by atoms with Crippen molar-refractivity contribution >= 4 is 39.2 Å². The van der Waals surface area contributed by atoms with Gasteiger partial charge in [0.15, 0.2) is 11.6 Å². The van der Waals surface area contributed by atoms with Crippen LogP contribution in [-0.4, -0.2) is 75.1 Å². The minimum absolute atomic E-state index is 0.0367. The predicted octanol–water partition coefficient (Wildman–Crippen LogP) is 4.60. The van der Waals surface area contributed by atoms with Crippen LogP contribution in [0.4, 0.5) is 14.9 Å². The number of aliphatic hydroxyl groups excluding tert-OH is 1. The molecule has 1 aliphatic heterocycles. The van der Waals surface area contributed by atoms with Crippen LogP contribution >= 0.6 is 11.3 Å². The van der Waals surface area contributed by atoms with Crippen molar-refractivity contribution in [3.05, 3.63) is 66.2 Å². The van der Waals surface area contributed by atoms with Crippen LogP contribution < -0.4 is 15.4 Å². The number of anilines is 1. The number of benzene rings is 1. The number of rotatable bonds is 8. The lowest BCUT2D eigenvalue weighted by Crippen LogP contribution is -2.54. The third kappa shape index (κ3) is 6.35. The molecule has 1 saturated heterocycles. The Morgan fingerprint density at radius 2 is 1.98 bits per heavy atom. The van der Waals surface area contributed by atoms with Crippen molar-refractivity contribution in [3.63, 3.8) is 0 Å². The van der Waals surface area contributed by atoms with E-state index < -0.39 is 12.4 Å². The smallest absolute Gasteiger partial charge is 0.319 e. The SMILES string of the molecule is CC1CN(Cc2ccc(-c3cc4nccc(Oc5ccc(NC(=O)NC6CC6)cc5F)c4s3)nc2)CCN1C(=O)CO. The average Bonchev–Trinajstić information content (AvgIpc) is 3.68. The number of aliphatic hydroxyl groups is 1. The van der Waals surface area contributed by atoms with E-state index in [1.807, 2.05) is 31.3 Å². The number of fused-ring (bicyclic) bond motifs is 1. The zero-order valence-electron chi connectivity index (χ0n) is 23.0. The number of ether oxygens (including phenoxy) is 1. The molecule has 1 saturated carbocycles. The maximum atomic E-state index is 14.9. The Morgan fingerprint density at radius 1 is 1.12 bits per heavy atom. The highest BCUT2D eigenvalue weighted by molar-refractivity contribution is 7.22. The summed E-state index contributed by atoms with van der Waals surface area (Å²) in [6, 6.07) is 11.9. The molecule has 1 unspecified atom stereocenters. The molecule has 1 aliphatic carbocycles. The monoisotopic (exact) mass is 590 g/mol. The Kier molecular flexibility index (Phi) is 8.00. The van der Waals surface area contributed by atoms with Gasteiger partial charge in [0.05, 0.1) is 20.8 Å². The summed E-state index contributed by atoms with van der Waals surface area (Å²) in [5.41, 5.74) is 2.93. The van der Waals surface area contributed by atoms with Gasteiger partial charge in [0.2, 0.25) is 5.91 Å². The van der Waals surface area contributed by atoms with Gasteiger partial charge in [-0.15, -0.1) is 11.3 Å². The number of carbonyl (C=O) groups excluding carboxylic acids is 2. The highest BCUT2D eigenvalue weighted by atomic mass is 32.1. The second-order valence-corrected chi connectivity index (χ2v) is 11.7. The topological polar surface area (TPSA) is 120 Å². The van der Waals surface area contributed by atoms with E-state index in [2.05, 4.69) is 25.5 Å². The zero-order valence-corrected chi connectivity index (χ0v) is 23.9. The van der Waals surface area contributed by atoms with E-state index in [1.165, 1.54) is 23.5 Å². The van der Waals surface area contributed by atoms with Crippen molar-refractivity contribution in [1.29, 1.82) is 0 Å². The molecule has 6 rings (SSSR count). The molecule has 2 aliphatic rings. The number of aromatic nitrogens is 2. The molecule has 12 heteroatoms. The Hall–Kier alpha value is -4.13. The summed E-state index contributed by atoms with van der Waals surface area (Å²) in [6.45, 7) is 4.31. The molecule has 10 nitrogen and oxygen atoms in total. The van der Waals surface area contributed by atoms with Gasteiger partial charge in [-0.05, 0) is 49.6 Å². The van der Waals surface area contributed by atoms with Gasteiger partial charge in [0.1, 0.15) is 12.4 Å². The van der Waals surface area contributed by atoms with Crippen molar-refractivity contribution < 1.29 is 23.8 Å². The lowest BCUT2D eigenvalue weighted by molar-refractivity contribution is -0.138. The summed E-state index contributed by atoms with van der Waals surface area (Å²) < 4.78 is 21.6. The molecule has 4 aromatic rings. The predicted molar refractivity (Wildman–Crippen MR) is 158 cm³/mol. The summed E-state index contributed by atoms with van der Waals surface area (Å²) in [7, 11) is 0. The van der Waals surface area contributed by atoms with Crippen LogP contribution in [0.5, 0.6) is 11.5 Å². The molecule has 3 amide bonds. The van der Waals surface area contributed by atoms with E-state index in [-0.39, 0.29) is 29.8 Å². The first-order chi connectivity index (χ1) is 20.4. The Morgan fingerprint density at radius 3 is 2.69 bits per heavy atom. The number of hydrogen-bond acceptors (Lipinski definition) is 8. The molecule has 2 fully saturated rings. The number of nitrogens with one attached hydrogen (secondary N) is 2. The number of nitrogens with zero attached hydrogens (tertiary/aromatic N) is 4. The van der Waals surface area contributed by atoms with Gasteiger partial charge >= 0.3 is 6.03 Å². The van der Waals surface area contributed by atoms with Gasteiger partial charge < -0.3 is 25.4 Å². The minimum atomic E-state index is -0.589. The summed E-state index contributed by atoms with van der Waals surface area (Å²) in [5, 5.41) is 14.6. The van der Waals surface area contributed by atoms with E-state index in [4.69, 9.17) is 9.84 Å². The lowest BCUT2D eigenvalue weighted by atomic mass is 10.1. The molecule has 3 N–H and O–H groups in total. The van der Waals surface area contributed by atoms with E-state index in [0.29, 0.717) is 18.0 Å². The first-order valence-corrected chi connectivity index (χ1v) is 14.7. The van der Waals surface area contributed by atoms with Crippen molar-refractivity contribution in [3.8, 4) is 22.1 Å². The molecular formula is C30H31FN6O4S. The van der Waals surface area contributed by atoms with Crippen LogP contribution in [0.1, 0.15) is 25.3 Å². The maximum absolute atomic E-state index is 14.9. The van der Waals surface area contributed by atoms with Crippen molar-refractivity contribution in [2.24, 2.45) is 0 Å². The summed E-state index contributed by atoms with van der Waals surface area (Å²) in [6.07, 6.45) is 5.41. The fraction of sp³-hybridized carbons (Fsp3) is 0.333. The molecule has 0 bridgehead atoms. The number of piperazine rings is 1. The Labute approximate surface area is 246 Å². The lowest BCUT2D eigenvalue weighted by Gasteiger charge is -2.39. The molecule has 1 aromatic carbocycles. The zero-order chi connectivity index (χ0) is 29.2. The van der Waals surface area contributed by atoms with Gasteiger partial charge in [0.25, 0.3) is 0 Å². The van der Waals surface area contributed by atoms with Crippen LogP contribution in [0, 0.1) is 5.82 Å². The second kappa shape index (κ2) is 12.0. The Balaban J connectivity index is 1.12. The van der Waals surface area contributed by atoms with Crippen molar-refractivity contribution in [1.82, 2.24) is 25.1 Å². The summed E-state index contributed by atoms with van der Waals surface area (Å²) in [5.74, 6) is -0.297. The van der Waals surface area contributed by atoms with E-state index in [0.717, 1.165) is 58.8 Å². The molecule has 1 atom stereocenters. The van der Waals surface area contributed by atoms with Gasteiger partial charge in [-0.1, -0.05) is 6.07 Å². The first-order valence-electron chi connectivity index (χ1n) is 13.9. The van der Waals surface area contributed by atoms with Gasteiger partial charge in [-0.3, -0.25) is 19.7 Å². The number of carbonyl (C=O) groups is 2. The molecule has 218 valence electrons. The molecule has 3 aromatic heterocycles. The van der Waals surface area contributed by atoms with Crippen LogP contribution in [-0.2, 0) is 11.3 Å². The third-order valence-corrected chi connectivity index (χ3v) is 8.51. The van der Waals surface area contributed by atoms with Crippen LogP contribution in [0.3, 0.4) is 0 Å². The number of halogens is 1. The number of hydrogen-bond donors (Lipinski definition) is 3. The number of urea groups is 1. The number of pyridine rings is 2. The van der Waals surface area contributed by atoms with Crippen LogP contribution in [0.15, 0.2) is 54.9 Å². The van der Waals surface area contributed by atoms with E-state index in [1.54, 1.807) is 23.2 Å². The molecule has 4 heterocycles. The van der Waals surface area contributed by atoms with Gasteiger partial charge in [-0.25, -0.2) is 9.18 Å². The average molecular weight is 591 g/mol. The minimum Gasteiger partial charge on any atom is -0.453 e. The fourth-order valence-electron chi connectivity index (χ4n) is 5.04. The van der Waals surface area contributed by atoms with Crippen LogP contribution in [0.2, 0.25) is 0 Å². The maximum Gasteiger partial charge on any atom is 0.319 e. The summed E-state index contributed by atoms with van der Waals surface area (Å²) in [4.78, 5) is 37.9. The van der Waals surface area contributed by atoms with Gasteiger partial charge in [-0.2, -0.15) is 0 Å². The van der Waals surface area contributed by atoms with Crippen molar-refractivity contribution in [2.75, 3.05) is 31.6 Å². The fourth-order valence-corrected chi connectivity index (χ4v) is 6.08.